The Morgan fingerprint density at radius 3 is 2.62 bits per heavy atom. The van der Waals surface area contributed by atoms with E-state index in [0.29, 0.717) is 12.2 Å². The third-order valence-corrected chi connectivity index (χ3v) is 6.95. The SMILES string of the molecule is COCc1ncccc1-c1ccccc1-c1sc2c(c1C(=O)O)CC(C)(C)CC2. The smallest absolute Gasteiger partial charge is 0.337 e. The summed E-state index contributed by atoms with van der Waals surface area (Å²) in [5, 5.41) is 10.1. The van der Waals surface area contributed by atoms with Crippen LogP contribution >= 0.6 is 11.3 Å². The Hall–Kier alpha value is -2.50. The summed E-state index contributed by atoms with van der Waals surface area (Å²) in [7, 11) is 1.65. The molecule has 1 N–H and O–H groups in total. The maximum Gasteiger partial charge on any atom is 0.337 e. The number of hydrogen-bond donors (Lipinski definition) is 1. The maximum absolute atomic E-state index is 12.3. The van der Waals surface area contributed by atoms with Crippen LogP contribution in [0.5, 0.6) is 0 Å². The van der Waals surface area contributed by atoms with Gasteiger partial charge in [0.1, 0.15) is 0 Å². The third-order valence-electron chi connectivity index (χ3n) is 5.62. The van der Waals surface area contributed by atoms with E-state index in [1.165, 1.54) is 4.88 Å². The second-order valence-electron chi connectivity index (χ2n) is 8.33. The molecule has 3 aromatic rings. The van der Waals surface area contributed by atoms with Crippen molar-refractivity contribution in [1.82, 2.24) is 4.98 Å². The van der Waals surface area contributed by atoms with Gasteiger partial charge in [0.15, 0.2) is 0 Å². The molecular formula is C24H25NO3S. The van der Waals surface area contributed by atoms with Crippen molar-refractivity contribution < 1.29 is 14.6 Å². The molecule has 0 unspecified atom stereocenters. The molecule has 2 heterocycles. The fourth-order valence-electron chi connectivity index (χ4n) is 4.19. The number of methoxy groups -OCH3 is 1. The lowest BCUT2D eigenvalue weighted by atomic mass is 9.75. The summed E-state index contributed by atoms with van der Waals surface area (Å²) in [6.45, 7) is 4.85. The molecule has 2 aromatic heterocycles. The Bertz CT molecular complexity index is 1070. The molecule has 0 saturated heterocycles. The van der Waals surface area contributed by atoms with Crippen LogP contribution in [0.2, 0.25) is 0 Å². The molecule has 1 aromatic carbocycles. The van der Waals surface area contributed by atoms with E-state index in [1.807, 2.05) is 36.4 Å². The normalized spacial score (nSPS) is 15.1. The number of aryl methyl sites for hydroxylation is 1. The third kappa shape index (κ3) is 3.72. The van der Waals surface area contributed by atoms with Crippen LogP contribution in [0.4, 0.5) is 0 Å². The second kappa shape index (κ2) is 7.73. The number of nitrogens with zero attached hydrogens (tertiary/aromatic N) is 1. The number of carbonyl (C=O) groups is 1. The molecule has 1 aliphatic rings. The summed E-state index contributed by atoms with van der Waals surface area (Å²) in [4.78, 5) is 18.9. The number of ether oxygens (including phenoxy) is 1. The Kier molecular flexibility index (Phi) is 5.28. The molecule has 0 aliphatic heterocycles. The number of benzene rings is 1. The molecule has 150 valence electrons. The summed E-state index contributed by atoms with van der Waals surface area (Å²) >= 11 is 1.64. The maximum atomic E-state index is 12.3. The van der Waals surface area contributed by atoms with Crippen LogP contribution in [0.15, 0.2) is 42.6 Å². The molecule has 0 radical (unpaired) electrons. The van der Waals surface area contributed by atoms with Crippen molar-refractivity contribution in [3.63, 3.8) is 0 Å². The van der Waals surface area contributed by atoms with Gasteiger partial charge in [0, 0.05) is 34.2 Å². The van der Waals surface area contributed by atoms with E-state index in [0.717, 1.165) is 52.1 Å². The molecule has 0 amide bonds. The van der Waals surface area contributed by atoms with E-state index in [1.54, 1.807) is 24.6 Å². The monoisotopic (exact) mass is 407 g/mol. The summed E-state index contributed by atoms with van der Waals surface area (Å²) in [5.74, 6) is -0.840. The van der Waals surface area contributed by atoms with Gasteiger partial charge in [0.2, 0.25) is 0 Å². The van der Waals surface area contributed by atoms with Gasteiger partial charge < -0.3 is 9.84 Å². The molecular weight excluding hydrogens is 382 g/mol. The van der Waals surface area contributed by atoms with Crippen molar-refractivity contribution in [1.29, 1.82) is 0 Å². The minimum absolute atomic E-state index is 0.129. The van der Waals surface area contributed by atoms with Crippen LogP contribution in [0, 0.1) is 5.41 Å². The zero-order valence-corrected chi connectivity index (χ0v) is 17.8. The second-order valence-corrected chi connectivity index (χ2v) is 9.44. The largest absolute Gasteiger partial charge is 0.478 e. The number of carboxylic acids is 1. The fraction of sp³-hybridized carbons (Fsp3) is 0.333. The van der Waals surface area contributed by atoms with Gasteiger partial charge in [0.05, 0.1) is 17.9 Å². The first-order valence-electron chi connectivity index (χ1n) is 9.82. The first-order chi connectivity index (χ1) is 13.9. The lowest BCUT2D eigenvalue weighted by Gasteiger charge is -2.29. The number of aromatic carboxylic acids is 1. The number of carboxylic acid groups (broad SMARTS) is 1. The van der Waals surface area contributed by atoms with Gasteiger partial charge in [-0.25, -0.2) is 4.79 Å². The predicted octanol–water partition coefficient (Wildman–Crippen LogP) is 5.84. The van der Waals surface area contributed by atoms with Gasteiger partial charge in [0.25, 0.3) is 0 Å². The van der Waals surface area contributed by atoms with Gasteiger partial charge >= 0.3 is 5.97 Å². The molecule has 29 heavy (non-hydrogen) atoms. The van der Waals surface area contributed by atoms with Gasteiger partial charge in [-0.15, -0.1) is 11.3 Å². The van der Waals surface area contributed by atoms with E-state index >= 15 is 0 Å². The van der Waals surface area contributed by atoms with Crippen molar-refractivity contribution in [2.75, 3.05) is 7.11 Å². The molecule has 0 atom stereocenters. The van der Waals surface area contributed by atoms with Crippen LogP contribution in [0.1, 0.15) is 46.8 Å². The predicted molar refractivity (Wildman–Crippen MR) is 116 cm³/mol. The zero-order chi connectivity index (χ0) is 20.6. The number of fused-ring (bicyclic) bond motifs is 1. The van der Waals surface area contributed by atoms with Crippen LogP contribution in [-0.2, 0) is 24.2 Å². The first-order valence-corrected chi connectivity index (χ1v) is 10.6. The standard InChI is InChI=1S/C24H25NO3S/c1-24(2)11-10-20-18(13-24)21(23(26)27)22(29-20)17-8-5-4-7-15(17)16-9-6-12-25-19(16)14-28-3/h4-9,12H,10-11,13-14H2,1-3H3,(H,26,27). The van der Waals surface area contributed by atoms with E-state index in [4.69, 9.17) is 4.74 Å². The van der Waals surface area contributed by atoms with Crippen molar-refractivity contribution in [3.8, 4) is 21.6 Å². The molecule has 0 bridgehead atoms. The summed E-state index contributed by atoms with van der Waals surface area (Å²) in [5.41, 5.74) is 5.40. The molecule has 5 heteroatoms. The highest BCUT2D eigenvalue weighted by molar-refractivity contribution is 7.16. The summed E-state index contributed by atoms with van der Waals surface area (Å²) in [6.07, 6.45) is 4.60. The van der Waals surface area contributed by atoms with Crippen molar-refractivity contribution in [2.24, 2.45) is 5.41 Å². The molecule has 1 aliphatic carbocycles. The Labute approximate surface area is 175 Å². The highest BCUT2D eigenvalue weighted by Crippen LogP contribution is 2.47. The lowest BCUT2D eigenvalue weighted by Crippen LogP contribution is -2.22. The quantitative estimate of drug-likeness (QED) is 0.577. The van der Waals surface area contributed by atoms with E-state index in [9.17, 15) is 9.90 Å². The molecule has 4 nitrogen and oxygen atoms in total. The Morgan fingerprint density at radius 1 is 1.17 bits per heavy atom. The van der Waals surface area contributed by atoms with Crippen LogP contribution in [-0.4, -0.2) is 23.2 Å². The summed E-state index contributed by atoms with van der Waals surface area (Å²) in [6, 6.07) is 12.0. The summed E-state index contributed by atoms with van der Waals surface area (Å²) < 4.78 is 5.33. The fourth-order valence-corrected chi connectivity index (χ4v) is 5.54. The van der Waals surface area contributed by atoms with E-state index in [-0.39, 0.29) is 5.41 Å². The Balaban J connectivity index is 1.93. The number of rotatable bonds is 5. The van der Waals surface area contributed by atoms with E-state index < -0.39 is 5.97 Å². The minimum atomic E-state index is -0.840. The number of pyridine rings is 1. The van der Waals surface area contributed by atoms with Crippen LogP contribution in [0.25, 0.3) is 21.6 Å². The van der Waals surface area contributed by atoms with Crippen molar-refractivity contribution in [3.05, 3.63) is 64.3 Å². The van der Waals surface area contributed by atoms with E-state index in [2.05, 4.69) is 18.8 Å². The molecule has 4 rings (SSSR count). The zero-order valence-electron chi connectivity index (χ0n) is 17.0. The number of aromatic nitrogens is 1. The van der Waals surface area contributed by atoms with Crippen LogP contribution < -0.4 is 0 Å². The van der Waals surface area contributed by atoms with Gasteiger partial charge in [-0.1, -0.05) is 44.2 Å². The first kappa shape index (κ1) is 19.8. The molecule has 0 fully saturated rings. The number of hydrogen-bond acceptors (Lipinski definition) is 4. The van der Waals surface area contributed by atoms with Gasteiger partial charge in [-0.05, 0) is 41.9 Å². The Morgan fingerprint density at radius 2 is 1.90 bits per heavy atom. The van der Waals surface area contributed by atoms with Gasteiger partial charge in [-0.2, -0.15) is 0 Å². The highest BCUT2D eigenvalue weighted by Gasteiger charge is 2.33. The molecule has 0 saturated carbocycles. The lowest BCUT2D eigenvalue weighted by molar-refractivity contribution is 0.0696. The average molecular weight is 408 g/mol. The average Bonchev–Trinajstić information content (AvgIpc) is 3.06. The van der Waals surface area contributed by atoms with Crippen molar-refractivity contribution in [2.45, 2.75) is 39.7 Å². The number of thiophene rings is 1. The van der Waals surface area contributed by atoms with Crippen molar-refractivity contribution >= 4 is 17.3 Å². The van der Waals surface area contributed by atoms with Gasteiger partial charge in [-0.3, -0.25) is 4.98 Å². The minimum Gasteiger partial charge on any atom is -0.478 e. The molecule has 0 spiro atoms. The highest BCUT2D eigenvalue weighted by atomic mass is 32.1. The van der Waals surface area contributed by atoms with Crippen LogP contribution in [0.3, 0.4) is 0 Å². The topological polar surface area (TPSA) is 59.4 Å².